The Kier molecular flexibility index (Phi) is 4.51. The van der Waals surface area contributed by atoms with E-state index in [9.17, 15) is 4.79 Å². The van der Waals surface area contributed by atoms with Crippen molar-refractivity contribution in [2.45, 2.75) is 31.7 Å². The number of pyridine rings is 1. The van der Waals surface area contributed by atoms with E-state index in [1.807, 2.05) is 35.0 Å². The molecule has 0 bridgehead atoms. The number of amides is 1. The highest BCUT2D eigenvalue weighted by Crippen LogP contribution is 2.27. The maximum atomic E-state index is 11.8. The molecule has 0 saturated heterocycles. The van der Waals surface area contributed by atoms with Gasteiger partial charge in [0.15, 0.2) is 5.65 Å². The van der Waals surface area contributed by atoms with Gasteiger partial charge in [0.25, 0.3) is 0 Å². The summed E-state index contributed by atoms with van der Waals surface area (Å²) >= 11 is 0. The average molecular weight is 350 g/mol. The van der Waals surface area contributed by atoms with E-state index < -0.39 is 0 Å². The second-order valence-electron chi connectivity index (χ2n) is 6.68. The first-order valence-electron chi connectivity index (χ1n) is 8.98. The van der Waals surface area contributed by atoms with Crippen molar-refractivity contribution in [3.63, 3.8) is 0 Å². The fourth-order valence-corrected chi connectivity index (χ4v) is 3.58. The molecule has 0 unspecified atom stereocenters. The first-order valence-corrected chi connectivity index (χ1v) is 8.98. The Morgan fingerprint density at radius 2 is 1.88 bits per heavy atom. The van der Waals surface area contributed by atoms with E-state index in [1.165, 1.54) is 0 Å². The van der Waals surface area contributed by atoms with Crippen LogP contribution in [0.25, 0.3) is 16.9 Å². The maximum absolute atomic E-state index is 11.8. The van der Waals surface area contributed by atoms with Gasteiger partial charge >= 0.3 is 0 Å². The Bertz CT molecular complexity index is 899. The quantitative estimate of drug-likeness (QED) is 0.755. The fourth-order valence-electron chi connectivity index (χ4n) is 3.58. The van der Waals surface area contributed by atoms with Crippen molar-refractivity contribution in [1.29, 1.82) is 0 Å². The van der Waals surface area contributed by atoms with Gasteiger partial charge in [-0.15, -0.1) is 5.10 Å². The summed E-state index contributed by atoms with van der Waals surface area (Å²) < 4.78 is 1.85. The zero-order valence-corrected chi connectivity index (χ0v) is 14.7. The molecule has 1 aliphatic rings. The molecule has 7 nitrogen and oxygen atoms in total. The Labute approximate surface area is 151 Å². The van der Waals surface area contributed by atoms with E-state index in [4.69, 9.17) is 5.10 Å². The first kappa shape index (κ1) is 16.5. The number of aromatic nitrogens is 4. The largest absolute Gasteiger partial charge is 0.366 e. The van der Waals surface area contributed by atoms with Crippen LogP contribution in [0.2, 0.25) is 0 Å². The molecule has 26 heavy (non-hydrogen) atoms. The lowest BCUT2D eigenvalue weighted by molar-refractivity contribution is -0.125. The predicted octanol–water partition coefficient (Wildman–Crippen LogP) is 2.51. The van der Waals surface area contributed by atoms with Crippen LogP contribution < -0.4 is 10.6 Å². The summed E-state index contributed by atoms with van der Waals surface area (Å²) in [4.78, 5) is 20.3. The Morgan fingerprint density at radius 3 is 2.62 bits per heavy atom. The highest BCUT2D eigenvalue weighted by atomic mass is 16.1. The first-order chi connectivity index (χ1) is 12.7. The molecule has 0 aliphatic heterocycles. The SMILES string of the molecule is CNC(=O)C1CCC(Nc2ccc3ncc(-c4ccncc4)n3n2)CC1. The lowest BCUT2D eigenvalue weighted by Gasteiger charge is -2.28. The molecule has 134 valence electrons. The van der Waals surface area contributed by atoms with Crippen LogP contribution in [-0.2, 0) is 4.79 Å². The number of nitrogens with zero attached hydrogens (tertiary/aromatic N) is 4. The molecule has 7 heteroatoms. The minimum atomic E-state index is 0.139. The number of fused-ring (bicyclic) bond motifs is 1. The molecule has 4 rings (SSSR count). The van der Waals surface area contributed by atoms with Gasteiger partial charge in [0.1, 0.15) is 5.82 Å². The van der Waals surface area contributed by atoms with Crippen molar-refractivity contribution in [1.82, 2.24) is 24.9 Å². The van der Waals surface area contributed by atoms with Crippen molar-refractivity contribution >= 4 is 17.4 Å². The highest BCUT2D eigenvalue weighted by Gasteiger charge is 2.25. The average Bonchev–Trinajstić information content (AvgIpc) is 3.12. The summed E-state index contributed by atoms with van der Waals surface area (Å²) in [7, 11) is 1.71. The summed E-state index contributed by atoms with van der Waals surface area (Å²) in [5.74, 6) is 1.12. The number of rotatable bonds is 4. The third-order valence-corrected chi connectivity index (χ3v) is 5.03. The van der Waals surface area contributed by atoms with Gasteiger partial charge in [-0.3, -0.25) is 9.78 Å². The molecule has 1 aliphatic carbocycles. The van der Waals surface area contributed by atoms with Gasteiger partial charge < -0.3 is 10.6 Å². The molecular formula is C19H22N6O. The van der Waals surface area contributed by atoms with Crippen LogP contribution >= 0.6 is 0 Å². The van der Waals surface area contributed by atoms with E-state index in [-0.39, 0.29) is 11.8 Å². The number of carbonyl (C=O) groups is 1. The number of anilines is 1. The monoisotopic (exact) mass is 350 g/mol. The number of hydrogen-bond donors (Lipinski definition) is 2. The van der Waals surface area contributed by atoms with Crippen LogP contribution in [0.4, 0.5) is 5.82 Å². The van der Waals surface area contributed by atoms with E-state index in [0.717, 1.165) is 48.4 Å². The topological polar surface area (TPSA) is 84.2 Å². The van der Waals surface area contributed by atoms with Crippen LogP contribution in [0.1, 0.15) is 25.7 Å². The molecule has 1 fully saturated rings. The number of imidazole rings is 1. The third-order valence-electron chi connectivity index (χ3n) is 5.03. The standard InChI is InChI=1S/C19H22N6O/c1-20-19(26)14-2-4-15(5-3-14)23-17-6-7-18-22-12-16(25(18)24-17)13-8-10-21-11-9-13/h6-12,14-15H,2-5H2,1H3,(H,20,26)(H,23,24). The van der Waals surface area contributed by atoms with Gasteiger partial charge in [0.05, 0.1) is 11.9 Å². The van der Waals surface area contributed by atoms with E-state index in [1.54, 1.807) is 19.4 Å². The fraction of sp³-hybridized carbons (Fsp3) is 0.368. The van der Waals surface area contributed by atoms with Gasteiger partial charge in [-0.05, 0) is 49.9 Å². The summed E-state index contributed by atoms with van der Waals surface area (Å²) in [5.41, 5.74) is 2.78. The Balaban J connectivity index is 1.51. The van der Waals surface area contributed by atoms with Gasteiger partial charge in [-0.25, -0.2) is 9.50 Å². The zero-order chi connectivity index (χ0) is 17.9. The summed E-state index contributed by atoms with van der Waals surface area (Å²) in [6, 6.07) is 8.17. The minimum Gasteiger partial charge on any atom is -0.366 e. The van der Waals surface area contributed by atoms with Crippen LogP contribution in [-0.4, -0.2) is 38.6 Å². The molecule has 3 aromatic heterocycles. The molecule has 0 spiro atoms. The van der Waals surface area contributed by atoms with E-state index in [2.05, 4.69) is 20.6 Å². The van der Waals surface area contributed by atoms with Crippen molar-refractivity contribution in [2.75, 3.05) is 12.4 Å². The van der Waals surface area contributed by atoms with Gasteiger partial charge in [-0.1, -0.05) is 0 Å². The third kappa shape index (κ3) is 3.24. The van der Waals surface area contributed by atoms with Crippen LogP contribution in [0.15, 0.2) is 42.9 Å². The van der Waals surface area contributed by atoms with Gasteiger partial charge in [-0.2, -0.15) is 0 Å². The van der Waals surface area contributed by atoms with Crippen molar-refractivity contribution in [3.05, 3.63) is 42.9 Å². The van der Waals surface area contributed by atoms with Crippen LogP contribution in [0.5, 0.6) is 0 Å². The summed E-state index contributed by atoms with van der Waals surface area (Å²) in [6.45, 7) is 0. The van der Waals surface area contributed by atoms with Crippen molar-refractivity contribution in [3.8, 4) is 11.3 Å². The molecule has 0 atom stereocenters. The molecule has 2 N–H and O–H groups in total. The number of carbonyl (C=O) groups excluding carboxylic acids is 1. The van der Waals surface area contributed by atoms with Gasteiger partial charge in [0, 0.05) is 37.0 Å². The van der Waals surface area contributed by atoms with Gasteiger partial charge in [0.2, 0.25) is 5.91 Å². The molecule has 0 aromatic carbocycles. The smallest absolute Gasteiger partial charge is 0.222 e. The normalized spacial score (nSPS) is 20.0. The van der Waals surface area contributed by atoms with Crippen LogP contribution in [0.3, 0.4) is 0 Å². The molecule has 1 saturated carbocycles. The molecule has 1 amide bonds. The molecule has 3 heterocycles. The Hall–Kier alpha value is -2.96. The second kappa shape index (κ2) is 7.11. The predicted molar refractivity (Wildman–Crippen MR) is 99.7 cm³/mol. The lowest BCUT2D eigenvalue weighted by atomic mass is 9.85. The maximum Gasteiger partial charge on any atom is 0.222 e. The number of hydrogen-bond acceptors (Lipinski definition) is 5. The highest BCUT2D eigenvalue weighted by molar-refractivity contribution is 5.78. The summed E-state index contributed by atoms with van der Waals surface area (Å²) in [6.07, 6.45) is 9.12. The molecule has 3 aromatic rings. The number of nitrogens with one attached hydrogen (secondary N) is 2. The Morgan fingerprint density at radius 1 is 1.12 bits per heavy atom. The van der Waals surface area contributed by atoms with E-state index >= 15 is 0 Å². The summed E-state index contributed by atoms with van der Waals surface area (Å²) in [5, 5.41) is 11.0. The van der Waals surface area contributed by atoms with E-state index in [0.29, 0.717) is 6.04 Å². The van der Waals surface area contributed by atoms with Crippen LogP contribution in [0, 0.1) is 5.92 Å². The van der Waals surface area contributed by atoms with Crippen molar-refractivity contribution < 1.29 is 4.79 Å². The second-order valence-corrected chi connectivity index (χ2v) is 6.68. The van der Waals surface area contributed by atoms with Crippen molar-refractivity contribution in [2.24, 2.45) is 5.92 Å². The minimum absolute atomic E-state index is 0.139. The zero-order valence-electron chi connectivity index (χ0n) is 14.7. The molecular weight excluding hydrogens is 328 g/mol. The lowest BCUT2D eigenvalue weighted by Crippen LogP contribution is -2.34. The molecule has 0 radical (unpaired) electrons.